The maximum absolute atomic E-state index is 12.9. The van der Waals surface area contributed by atoms with E-state index in [2.05, 4.69) is 34.7 Å². The van der Waals surface area contributed by atoms with E-state index in [0.29, 0.717) is 5.96 Å². The van der Waals surface area contributed by atoms with Crippen molar-refractivity contribution in [2.45, 2.75) is 24.8 Å². The highest BCUT2D eigenvalue weighted by atomic mass is 32.1. The van der Waals surface area contributed by atoms with Gasteiger partial charge >= 0.3 is 0 Å². The number of aliphatic imine (C=N–C) groups is 1. The number of hydrogen-bond donors (Lipinski definition) is 2. The van der Waals surface area contributed by atoms with Gasteiger partial charge in [0.15, 0.2) is 11.5 Å². The zero-order valence-corrected chi connectivity index (χ0v) is 14.4. The van der Waals surface area contributed by atoms with Crippen LogP contribution in [-0.4, -0.2) is 35.5 Å². The average molecular weight is 343 g/mol. The van der Waals surface area contributed by atoms with Gasteiger partial charge in [0.2, 0.25) is 0 Å². The summed E-state index contributed by atoms with van der Waals surface area (Å²) in [6.45, 7) is 0.154. The second-order valence-electron chi connectivity index (χ2n) is 6.78. The van der Waals surface area contributed by atoms with Crippen LogP contribution in [0.15, 0.2) is 34.7 Å². The minimum absolute atomic E-state index is 0.0164. The Labute approximate surface area is 145 Å². The Balaban J connectivity index is 1.73. The van der Waals surface area contributed by atoms with Gasteiger partial charge < -0.3 is 10.8 Å². The summed E-state index contributed by atoms with van der Waals surface area (Å²) >= 11 is 1.58. The second-order valence-corrected chi connectivity index (χ2v) is 7.69. The number of guanidine groups is 1. The molecule has 2 unspecified atom stereocenters. The van der Waals surface area contributed by atoms with Gasteiger partial charge in [0.05, 0.1) is 0 Å². The van der Waals surface area contributed by atoms with Gasteiger partial charge in [-0.25, -0.2) is 4.99 Å². The standard InChI is InChI=1S/C18H21N3O2S/c1-21-16(23)18(14-5-6-14,20-17(21)19)15-8-13(10-24-15)12-4-2-3-11(7-12)9-22/h2,4,7-8,10-11,14,22H,3,5-6,9H2,1H3,(H2,19,20). The molecule has 0 bridgehead atoms. The first kappa shape index (κ1) is 15.6. The highest BCUT2D eigenvalue weighted by Gasteiger charge is 2.58. The topological polar surface area (TPSA) is 78.9 Å². The Bertz CT molecular complexity index is 775. The number of rotatable bonds is 4. The van der Waals surface area contributed by atoms with E-state index in [4.69, 9.17) is 5.73 Å². The molecule has 1 fully saturated rings. The van der Waals surface area contributed by atoms with Crippen LogP contribution in [0.25, 0.3) is 5.57 Å². The quantitative estimate of drug-likeness (QED) is 0.879. The van der Waals surface area contributed by atoms with E-state index in [1.807, 2.05) is 0 Å². The van der Waals surface area contributed by atoms with Crippen LogP contribution in [0.3, 0.4) is 0 Å². The van der Waals surface area contributed by atoms with Crippen molar-refractivity contribution >= 4 is 28.8 Å². The second kappa shape index (κ2) is 5.57. The Morgan fingerprint density at radius 2 is 2.29 bits per heavy atom. The number of allylic oxidation sites excluding steroid dienone is 3. The molecule has 1 saturated carbocycles. The average Bonchev–Trinajstić information content (AvgIpc) is 3.29. The molecule has 126 valence electrons. The highest BCUT2D eigenvalue weighted by Crippen LogP contribution is 2.53. The van der Waals surface area contributed by atoms with Gasteiger partial charge in [0.25, 0.3) is 5.91 Å². The maximum atomic E-state index is 12.9. The fraction of sp³-hybridized carbons (Fsp3) is 0.444. The highest BCUT2D eigenvalue weighted by molar-refractivity contribution is 7.10. The van der Waals surface area contributed by atoms with E-state index >= 15 is 0 Å². The number of thiophene rings is 1. The normalized spacial score (nSPS) is 29.8. The molecule has 1 aromatic rings. The summed E-state index contributed by atoms with van der Waals surface area (Å²) in [6.07, 6.45) is 9.18. The first-order valence-electron chi connectivity index (χ1n) is 8.28. The summed E-state index contributed by atoms with van der Waals surface area (Å²) in [5.74, 6) is 0.705. The van der Waals surface area contributed by atoms with Gasteiger partial charge in [-0.15, -0.1) is 11.3 Å². The van der Waals surface area contributed by atoms with Crippen molar-refractivity contribution in [3.8, 4) is 0 Å². The van der Waals surface area contributed by atoms with Crippen LogP contribution in [-0.2, 0) is 10.3 Å². The molecular formula is C18H21N3O2S. The van der Waals surface area contributed by atoms with E-state index in [9.17, 15) is 9.90 Å². The molecule has 2 aliphatic carbocycles. The van der Waals surface area contributed by atoms with E-state index in [1.165, 1.54) is 4.90 Å². The van der Waals surface area contributed by atoms with Crippen LogP contribution >= 0.6 is 11.3 Å². The monoisotopic (exact) mass is 343 g/mol. The van der Waals surface area contributed by atoms with Crippen LogP contribution in [0.2, 0.25) is 0 Å². The Morgan fingerprint density at radius 1 is 1.50 bits per heavy atom. The predicted octanol–water partition coefficient (Wildman–Crippen LogP) is 2.09. The summed E-state index contributed by atoms with van der Waals surface area (Å²) in [5, 5.41) is 11.5. The molecule has 6 heteroatoms. The number of aliphatic hydroxyl groups is 1. The van der Waals surface area contributed by atoms with Crippen molar-refractivity contribution < 1.29 is 9.90 Å². The summed E-state index contributed by atoms with van der Waals surface area (Å²) in [4.78, 5) is 19.9. The Hall–Kier alpha value is -1.92. The third kappa shape index (κ3) is 2.24. The molecule has 0 spiro atoms. The summed E-state index contributed by atoms with van der Waals surface area (Å²) < 4.78 is 0. The van der Waals surface area contributed by atoms with Gasteiger partial charge in [-0.05, 0) is 47.8 Å². The minimum atomic E-state index is -0.822. The number of carbonyl (C=O) groups is 1. The van der Waals surface area contributed by atoms with Crippen molar-refractivity contribution in [3.63, 3.8) is 0 Å². The van der Waals surface area contributed by atoms with E-state index in [-0.39, 0.29) is 24.3 Å². The van der Waals surface area contributed by atoms with E-state index in [0.717, 1.165) is 35.3 Å². The SMILES string of the molecule is CN1C(=O)C(c2cc(C3=CC(CO)CC=C3)cs2)(C2CC2)N=C1N. The van der Waals surface area contributed by atoms with Gasteiger partial charge in [0.1, 0.15) is 0 Å². The van der Waals surface area contributed by atoms with Crippen molar-refractivity contribution in [2.24, 2.45) is 22.6 Å². The number of aliphatic hydroxyl groups excluding tert-OH is 1. The Morgan fingerprint density at radius 3 is 2.92 bits per heavy atom. The van der Waals surface area contributed by atoms with Crippen LogP contribution in [0, 0.1) is 11.8 Å². The maximum Gasteiger partial charge on any atom is 0.262 e. The van der Waals surface area contributed by atoms with Crippen molar-refractivity contribution in [3.05, 3.63) is 40.1 Å². The number of amides is 1. The number of likely N-dealkylation sites (N-methyl/N-ethyl adjacent to an activating group) is 1. The van der Waals surface area contributed by atoms with Gasteiger partial charge in [-0.3, -0.25) is 9.69 Å². The molecule has 1 aromatic heterocycles. The Kier molecular flexibility index (Phi) is 3.62. The van der Waals surface area contributed by atoms with Gasteiger partial charge in [-0.2, -0.15) is 0 Å². The van der Waals surface area contributed by atoms with Gasteiger partial charge in [-0.1, -0.05) is 18.2 Å². The largest absolute Gasteiger partial charge is 0.396 e. The zero-order chi connectivity index (χ0) is 16.9. The van der Waals surface area contributed by atoms with Crippen LogP contribution in [0.4, 0.5) is 0 Å². The molecule has 5 nitrogen and oxygen atoms in total. The number of carbonyl (C=O) groups excluding carboxylic acids is 1. The summed E-state index contributed by atoms with van der Waals surface area (Å²) in [6, 6.07) is 2.08. The molecule has 2 atom stereocenters. The molecular weight excluding hydrogens is 322 g/mol. The van der Waals surface area contributed by atoms with Crippen LogP contribution in [0.1, 0.15) is 29.7 Å². The first-order valence-corrected chi connectivity index (χ1v) is 9.16. The predicted molar refractivity (Wildman–Crippen MR) is 95.4 cm³/mol. The molecule has 0 saturated heterocycles. The summed E-state index contributed by atoms with van der Waals surface area (Å²) in [5.41, 5.74) is 7.31. The molecule has 1 aliphatic heterocycles. The molecule has 24 heavy (non-hydrogen) atoms. The zero-order valence-electron chi connectivity index (χ0n) is 13.6. The third-order valence-electron chi connectivity index (χ3n) is 5.13. The van der Waals surface area contributed by atoms with Crippen molar-refractivity contribution in [1.29, 1.82) is 0 Å². The number of nitrogens with zero attached hydrogens (tertiary/aromatic N) is 2. The molecule has 1 amide bonds. The van der Waals surface area contributed by atoms with Crippen molar-refractivity contribution in [2.75, 3.05) is 13.7 Å². The van der Waals surface area contributed by atoms with Crippen LogP contribution < -0.4 is 5.73 Å². The molecule has 3 aliphatic rings. The lowest BCUT2D eigenvalue weighted by atomic mass is 9.89. The van der Waals surface area contributed by atoms with E-state index < -0.39 is 5.54 Å². The fourth-order valence-corrected chi connectivity index (χ4v) is 4.68. The minimum Gasteiger partial charge on any atom is -0.396 e. The van der Waals surface area contributed by atoms with Crippen LogP contribution in [0.5, 0.6) is 0 Å². The van der Waals surface area contributed by atoms with Gasteiger partial charge in [0, 0.05) is 24.4 Å². The molecule has 0 aromatic carbocycles. The first-order chi connectivity index (χ1) is 11.6. The molecule has 4 rings (SSSR count). The lowest BCUT2D eigenvalue weighted by molar-refractivity contribution is -0.131. The van der Waals surface area contributed by atoms with Crippen molar-refractivity contribution in [1.82, 2.24) is 4.90 Å². The smallest absolute Gasteiger partial charge is 0.262 e. The molecule has 0 radical (unpaired) electrons. The molecule has 3 N–H and O–H groups in total. The lowest BCUT2D eigenvalue weighted by Crippen LogP contribution is -2.41. The number of hydrogen-bond acceptors (Lipinski definition) is 5. The lowest BCUT2D eigenvalue weighted by Gasteiger charge is -2.23. The molecule has 2 heterocycles. The third-order valence-corrected chi connectivity index (χ3v) is 6.18. The summed E-state index contributed by atoms with van der Waals surface area (Å²) in [7, 11) is 1.69. The number of nitrogens with two attached hydrogens (primary N) is 1. The fourth-order valence-electron chi connectivity index (χ4n) is 3.55. The van der Waals surface area contributed by atoms with E-state index in [1.54, 1.807) is 18.4 Å².